The first-order chi connectivity index (χ1) is 16.6. The van der Waals surface area contributed by atoms with E-state index in [4.69, 9.17) is 9.51 Å². The van der Waals surface area contributed by atoms with E-state index in [1.54, 1.807) is 18.5 Å². The molecule has 1 aliphatic rings. The Hall–Kier alpha value is -4.30. The van der Waals surface area contributed by atoms with Crippen molar-refractivity contribution in [1.82, 2.24) is 25.0 Å². The fourth-order valence-corrected chi connectivity index (χ4v) is 4.50. The minimum Gasteiger partial charge on any atom is -0.478 e. The number of rotatable bonds is 5. The van der Waals surface area contributed by atoms with E-state index in [1.165, 1.54) is 0 Å². The maximum Gasteiger partial charge on any atom is 0.335 e. The van der Waals surface area contributed by atoms with Crippen molar-refractivity contribution in [2.45, 2.75) is 25.6 Å². The van der Waals surface area contributed by atoms with Crippen molar-refractivity contribution in [1.29, 1.82) is 0 Å². The number of benzene rings is 3. The van der Waals surface area contributed by atoms with Gasteiger partial charge in [-0.1, -0.05) is 53.7 Å². The Morgan fingerprint density at radius 2 is 1.91 bits per heavy atom. The van der Waals surface area contributed by atoms with Gasteiger partial charge >= 0.3 is 5.97 Å². The molecule has 0 amide bonds. The Balaban J connectivity index is 1.31. The first kappa shape index (κ1) is 20.3. The van der Waals surface area contributed by atoms with Gasteiger partial charge in [-0.25, -0.2) is 9.78 Å². The molecule has 0 spiro atoms. The van der Waals surface area contributed by atoms with E-state index in [-0.39, 0.29) is 11.6 Å². The van der Waals surface area contributed by atoms with Gasteiger partial charge in [0.15, 0.2) is 0 Å². The highest BCUT2D eigenvalue weighted by atomic mass is 16.5. The highest BCUT2D eigenvalue weighted by molar-refractivity contribution is 5.87. The molecular formula is C26H21N5O3. The Morgan fingerprint density at radius 1 is 1.09 bits per heavy atom. The van der Waals surface area contributed by atoms with Crippen molar-refractivity contribution in [3.05, 3.63) is 101 Å². The molecule has 3 heterocycles. The second kappa shape index (κ2) is 8.24. The number of fused-ring (bicyclic) bond motifs is 2. The average molecular weight is 451 g/mol. The summed E-state index contributed by atoms with van der Waals surface area (Å²) in [6.07, 6.45) is 2.35. The van der Waals surface area contributed by atoms with Gasteiger partial charge in [0, 0.05) is 25.1 Å². The van der Waals surface area contributed by atoms with Crippen LogP contribution in [0.3, 0.4) is 0 Å². The molecule has 34 heavy (non-hydrogen) atoms. The lowest BCUT2D eigenvalue weighted by atomic mass is 10.0. The van der Waals surface area contributed by atoms with E-state index in [9.17, 15) is 9.90 Å². The predicted molar refractivity (Wildman–Crippen MR) is 125 cm³/mol. The predicted octanol–water partition coefficient (Wildman–Crippen LogP) is 4.61. The quantitative estimate of drug-likeness (QED) is 0.402. The molecule has 1 aliphatic heterocycles. The number of aromatic carboxylic acids is 1. The maximum absolute atomic E-state index is 11.2. The number of hydrogen-bond acceptors (Lipinski definition) is 6. The van der Waals surface area contributed by atoms with Crippen molar-refractivity contribution >= 4 is 16.7 Å². The SMILES string of the molecule is O=C(O)c1ccc(CN2Cc3[nH]cnc3C[C@H]2c2nc(-c3ccc4ccccc4c3)no2)cc1. The highest BCUT2D eigenvalue weighted by Crippen LogP contribution is 2.33. The lowest BCUT2D eigenvalue weighted by Crippen LogP contribution is -2.34. The second-order valence-electron chi connectivity index (χ2n) is 8.47. The molecule has 5 aromatic rings. The number of hydrogen-bond donors (Lipinski definition) is 2. The normalized spacial score (nSPS) is 15.9. The summed E-state index contributed by atoms with van der Waals surface area (Å²) >= 11 is 0. The molecule has 8 heteroatoms. The van der Waals surface area contributed by atoms with Gasteiger partial charge in [-0.05, 0) is 34.5 Å². The van der Waals surface area contributed by atoms with Crippen LogP contribution in [0.4, 0.5) is 0 Å². The van der Waals surface area contributed by atoms with Crippen LogP contribution in [0.2, 0.25) is 0 Å². The number of aromatic amines is 1. The summed E-state index contributed by atoms with van der Waals surface area (Å²) in [5, 5.41) is 15.7. The van der Waals surface area contributed by atoms with Gasteiger partial charge in [0.1, 0.15) is 0 Å². The fraction of sp³-hybridized carbons (Fsp3) is 0.154. The van der Waals surface area contributed by atoms with E-state index in [0.717, 1.165) is 33.3 Å². The molecule has 3 aromatic carbocycles. The Kier molecular flexibility index (Phi) is 4.92. The molecule has 0 bridgehead atoms. The summed E-state index contributed by atoms with van der Waals surface area (Å²) in [6.45, 7) is 1.26. The van der Waals surface area contributed by atoms with Crippen LogP contribution in [0.1, 0.15) is 39.2 Å². The van der Waals surface area contributed by atoms with Gasteiger partial charge in [-0.2, -0.15) is 4.98 Å². The minimum atomic E-state index is -0.934. The van der Waals surface area contributed by atoms with Gasteiger partial charge in [-0.15, -0.1) is 0 Å². The third-order valence-electron chi connectivity index (χ3n) is 6.32. The van der Waals surface area contributed by atoms with E-state index >= 15 is 0 Å². The van der Waals surface area contributed by atoms with Crippen LogP contribution >= 0.6 is 0 Å². The summed E-state index contributed by atoms with van der Waals surface area (Å²) in [4.78, 5) is 25.9. The van der Waals surface area contributed by atoms with E-state index < -0.39 is 5.97 Å². The molecule has 8 nitrogen and oxygen atoms in total. The molecule has 2 N–H and O–H groups in total. The summed E-state index contributed by atoms with van der Waals surface area (Å²) in [6, 6.07) is 21.1. The molecule has 0 unspecified atom stereocenters. The summed E-state index contributed by atoms with van der Waals surface area (Å²) in [5.74, 6) is 0.162. The third kappa shape index (κ3) is 3.74. The number of carbonyl (C=O) groups is 1. The number of nitrogens with one attached hydrogen (secondary N) is 1. The molecule has 0 fully saturated rings. The average Bonchev–Trinajstić information content (AvgIpc) is 3.53. The van der Waals surface area contributed by atoms with Crippen molar-refractivity contribution in [2.24, 2.45) is 0 Å². The monoisotopic (exact) mass is 451 g/mol. The highest BCUT2D eigenvalue weighted by Gasteiger charge is 2.33. The lowest BCUT2D eigenvalue weighted by Gasteiger charge is -2.32. The van der Waals surface area contributed by atoms with Crippen LogP contribution in [-0.4, -0.2) is 36.1 Å². The second-order valence-corrected chi connectivity index (χ2v) is 8.47. The largest absolute Gasteiger partial charge is 0.478 e. The Morgan fingerprint density at radius 3 is 2.74 bits per heavy atom. The molecule has 0 saturated carbocycles. The zero-order valence-corrected chi connectivity index (χ0v) is 18.2. The van der Waals surface area contributed by atoms with Gasteiger partial charge < -0.3 is 14.6 Å². The first-order valence-corrected chi connectivity index (χ1v) is 11.0. The molecule has 0 saturated heterocycles. The number of aromatic nitrogens is 4. The zero-order valence-electron chi connectivity index (χ0n) is 18.2. The summed E-state index contributed by atoms with van der Waals surface area (Å²) < 4.78 is 5.76. The standard InChI is InChI=1S/C26H21N5O3/c32-26(33)18-7-5-16(6-8-18)13-31-14-22-21(27-15-28-22)12-23(31)25-29-24(30-34-25)20-10-9-17-3-1-2-4-19(17)11-20/h1-11,15,23H,12-14H2,(H,27,28)(H,32,33)/t23-/m0/s1. The molecule has 1 atom stereocenters. The van der Waals surface area contributed by atoms with Gasteiger partial charge in [0.2, 0.25) is 11.7 Å². The third-order valence-corrected chi connectivity index (χ3v) is 6.32. The van der Waals surface area contributed by atoms with Crippen molar-refractivity contribution < 1.29 is 14.4 Å². The van der Waals surface area contributed by atoms with E-state index in [0.29, 0.717) is 31.2 Å². The van der Waals surface area contributed by atoms with Crippen molar-refractivity contribution in [2.75, 3.05) is 0 Å². The van der Waals surface area contributed by atoms with Crippen LogP contribution in [0, 0.1) is 0 Å². The van der Waals surface area contributed by atoms with Crippen LogP contribution < -0.4 is 0 Å². The smallest absolute Gasteiger partial charge is 0.335 e. The Labute approximate surface area is 194 Å². The fourth-order valence-electron chi connectivity index (χ4n) is 4.50. The van der Waals surface area contributed by atoms with Gasteiger partial charge in [0.25, 0.3) is 0 Å². The number of carboxylic acid groups (broad SMARTS) is 1. The summed E-state index contributed by atoms with van der Waals surface area (Å²) in [7, 11) is 0. The maximum atomic E-state index is 11.2. The van der Waals surface area contributed by atoms with Crippen LogP contribution in [0.25, 0.3) is 22.2 Å². The van der Waals surface area contributed by atoms with Gasteiger partial charge in [-0.3, -0.25) is 4.90 Å². The number of H-pyrrole nitrogens is 1. The van der Waals surface area contributed by atoms with Crippen LogP contribution in [0.15, 0.2) is 77.6 Å². The number of imidazole rings is 1. The van der Waals surface area contributed by atoms with Crippen molar-refractivity contribution in [3.8, 4) is 11.4 Å². The number of carboxylic acids is 1. The minimum absolute atomic E-state index is 0.142. The first-order valence-electron chi connectivity index (χ1n) is 11.0. The molecule has 6 rings (SSSR count). The topological polar surface area (TPSA) is 108 Å². The molecule has 168 valence electrons. The van der Waals surface area contributed by atoms with Crippen molar-refractivity contribution in [3.63, 3.8) is 0 Å². The molecule has 2 aromatic heterocycles. The Bertz CT molecular complexity index is 1490. The van der Waals surface area contributed by atoms with Crippen LogP contribution in [0.5, 0.6) is 0 Å². The number of nitrogens with zero attached hydrogens (tertiary/aromatic N) is 4. The molecular weight excluding hydrogens is 430 g/mol. The molecule has 0 radical (unpaired) electrons. The van der Waals surface area contributed by atoms with E-state index in [2.05, 4.69) is 44.3 Å². The zero-order chi connectivity index (χ0) is 23.1. The van der Waals surface area contributed by atoms with Crippen LogP contribution in [-0.2, 0) is 19.5 Å². The van der Waals surface area contributed by atoms with E-state index in [1.807, 2.05) is 30.3 Å². The molecule has 0 aliphatic carbocycles. The summed E-state index contributed by atoms with van der Waals surface area (Å²) in [5.41, 5.74) is 4.24. The lowest BCUT2D eigenvalue weighted by molar-refractivity contribution is 0.0697. The van der Waals surface area contributed by atoms with Gasteiger partial charge in [0.05, 0.1) is 29.3 Å².